The van der Waals surface area contributed by atoms with Crippen LogP contribution in [0.15, 0.2) is 0 Å². The van der Waals surface area contributed by atoms with E-state index in [1.54, 1.807) is 0 Å². The van der Waals surface area contributed by atoms with Crippen molar-refractivity contribution >= 4 is 7.32 Å². The fraction of sp³-hybridized carbons (Fsp3) is 1.00. The summed E-state index contributed by atoms with van der Waals surface area (Å²) >= 11 is 0. The fourth-order valence-electron chi connectivity index (χ4n) is 1.22. The molecule has 17 heavy (non-hydrogen) atoms. The molecule has 6 N–H and O–H groups in total. The molecule has 0 bridgehead atoms. The van der Waals surface area contributed by atoms with E-state index in [9.17, 15) is 0 Å². The zero-order valence-corrected chi connectivity index (χ0v) is 10.1. The van der Waals surface area contributed by atoms with Gasteiger partial charge in [-0.3, -0.25) is 0 Å². The Kier molecular flexibility index (Phi) is 17.8. The molecule has 0 aliphatic rings. The smallest absolute Gasteiger partial charge is 0.402 e. The Morgan fingerprint density at radius 1 is 0.647 bits per heavy atom. The predicted octanol–water partition coefficient (Wildman–Crippen LogP) is -2.62. The van der Waals surface area contributed by atoms with E-state index >= 15 is 0 Å². The summed E-state index contributed by atoms with van der Waals surface area (Å²) in [6.07, 6.45) is 2.28. The molecule has 0 aliphatic heterocycles. The molecule has 0 spiro atoms. The molecule has 0 rings (SSSR count). The van der Waals surface area contributed by atoms with Gasteiger partial charge in [0, 0.05) is 39.5 Å². The molecule has 0 unspecified atom stereocenters. The molecule has 0 amide bonds. The number of aliphatic hydroxyl groups excluding tert-OH is 3. The van der Waals surface area contributed by atoms with Gasteiger partial charge < -0.3 is 35.3 Å². The topological polar surface area (TPSA) is 125 Å². The molecular formula is C9H24BNO6. The summed E-state index contributed by atoms with van der Waals surface area (Å²) in [5.41, 5.74) is 0. The second kappa shape index (κ2) is 15.8. The van der Waals surface area contributed by atoms with Crippen LogP contribution in [0.2, 0.25) is 0 Å². The fourth-order valence-corrected chi connectivity index (χ4v) is 1.22. The molecule has 0 heterocycles. The molecule has 8 heteroatoms. The van der Waals surface area contributed by atoms with Gasteiger partial charge >= 0.3 is 7.32 Å². The van der Waals surface area contributed by atoms with Crippen molar-refractivity contribution in [3.8, 4) is 0 Å². The Morgan fingerprint density at radius 2 is 0.882 bits per heavy atom. The summed E-state index contributed by atoms with van der Waals surface area (Å²) in [6, 6.07) is 0. The quantitative estimate of drug-likeness (QED) is 0.249. The lowest BCUT2D eigenvalue weighted by molar-refractivity contribution is 0.185. The van der Waals surface area contributed by atoms with Crippen LogP contribution in [0.4, 0.5) is 0 Å². The Hall–Kier alpha value is -0.215. The summed E-state index contributed by atoms with van der Waals surface area (Å²) in [7, 11) is -2.17. The van der Waals surface area contributed by atoms with E-state index in [1.807, 2.05) is 0 Å². The summed E-state index contributed by atoms with van der Waals surface area (Å²) in [6.45, 7) is 3.14. The van der Waals surface area contributed by atoms with E-state index < -0.39 is 7.32 Å². The zero-order chi connectivity index (χ0) is 13.5. The summed E-state index contributed by atoms with van der Waals surface area (Å²) in [4.78, 5) is 2.16. The van der Waals surface area contributed by atoms with Gasteiger partial charge in [-0.25, -0.2) is 0 Å². The highest BCUT2D eigenvalue weighted by molar-refractivity contribution is 6.30. The largest absolute Gasteiger partial charge is 0.631 e. The number of hydrogen-bond donors (Lipinski definition) is 6. The van der Waals surface area contributed by atoms with Gasteiger partial charge in [-0.2, -0.15) is 0 Å². The summed E-state index contributed by atoms with van der Waals surface area (Å²) < 4.78 is 0. The summed E-state index contributed by atoms with van der Waals surface area (Å²) in [5, 5.41) is 47.4. The Bertz CT molecular complexity index is 119. The molecule has 0 saturated carbocycles. The second-order valence-electron chi connectivity index (χ2n) is 3.42. The Morgan fingerprint density at radius 3 is 1.06 bits per heavy atom. The highest BCUT2D eigenvalue weighted by Crippen LogP contribution is 1.95. The lowest BCUT2D eigenvalue weighted by Gasteiger charge is -2.20. The first-order valence-corrected chi connectivity index (χ1v) is 5.67. The third-order valence-corrected chi connectivity index (χ3v) is 1.90. The van der Waals surface area contributed by atoms with Crippen molar-refractivity contribution < 1.29 is 30.4 Å². The van der Waals surface area contributed by atoms with Crippen molar-refractivity contribution in [2.75, 3.05) is 39.5 Å². The molecule has 0 aromatic heterocycles. The normalized spacial score (nSPS) is 10.1. The summed E-state index contributed by atoms with van der Waals surface area (Å²) in [5.74, 6) is 0. The van der Waals surface area contributed by atoms with E-state index in [0.29, 0.717) is 0 Å². The number of aliphatic hydroxyl groups is 3. The van der Waals surface area contributed by atoms with Gasteiger partial charge in [0.05, 0.1) is 0 Å². The van der Waals surface area contributed by atoms with Crippen molar-refractivity contribution in [1.29, 1.82) is 0 Å². The van der Waals surface area contributed by atoms with Gasteiger partial charge in [-0.1, -0.05) is 0 Å². The Labute approximate surface area is 102 Å². The van der Waals surface area contributed by atoms with Gasteiger partial charge in [-0.15, -0.1) is 0 Å². The van der Waals surface area contributed by atoms with Gasteiger partial charge in [0.15, 0.2) is 0 Å². The minimum atomic E-state index is -2.17. The minimum absolute atomic E-state index is 0.203. The molecule has 104 valence electrons. The minimum Gasteiger partial charge on any atom is -0.402 e. The Balaban J connectivity index is 0. The molecule has 0 aliphatic carbocycles. The zero-order valence-electron chi connectivity index (χ0n) is 10.1. The molecule has 0 saturated heterocycles. The lowest BCUT2D eigenvalue weighted by Crippen LogP contribution is -2.28. The first-order valence-electron chi connectivity index (χ1n) is 5.67. The van der Waals surface area contributed by atoms with Crippen molar-refractivity contribution in [3.05, 3.63) is 0 Å². The highest BCUT2D eigenvalue weighted by atomic mass is 16.5. The first-order chi connectivity index (χ1) is 8.08. The molecule has 0 atom stereocenters. The maximum atomic E-state index is 8.64. The van der Waals surface area contributed by atoms with Gasteiger partial charge in [0.25, 0.3) is 0 Å². The van der Waals surface area contributed by atoms with Crippen LogP contribution >= 0.6 is 0 Å². The van der Waals surface area contributed by atoms with Crippen LogP contribution in [0.25, 0.3) is 0 Å². The van der Waals surface area contributed by atoms with E-state index in [1.165, 1.54) is 0 Å². The lowest BCUT2D eigenvalue weighted by atomic mass is 10.3. The average molecular weight is 253 g/mol. The van der Waals surface area contributed by atoms with Crippen LogP contribution in [-0.4, -0.2) is 82.1 Å². The van der Waals surface area contributed by atoms with Crippen LogP contribution in [0.3, 0.4) is 0 Å². The van der Waals surface area contributed by atoms with E-state index in [2.05, 4.69) is 4.90 Å². The molecule has 7 nitrogen and oxygen atoms in total. The van der Waals surface area contributed by atoms with Crippen molar-refractivity contribution in [2.24, 2.45) is 0 Å². The molecule has 0 aromatic carbocycles. The molecule has 0 aromatic rings. The maximum absolute atomic E-state index is 8.64. The van der Waals surface area contributed by atoms with Gasteiger partial charge in [0.1, 0.15) is 0 Å². The number of rotatable bonds is 9. The van der Waals surface area contributed by atoms with E-state index in [0.717, 1.165) is 38.9 Å². The third kappa shape index (κ3) is 21.6. The van der Waals surface area contributed by atoms with Crippen LogP contribution in [0.1, 0.15) is 19.3 Å². The second-order valence-corrected chi connectivity index (χ2v) is 3.42. The number of hydrogen-bond acceptors (Lipinski definition) is 7. The molecule has 0 fully saturated rings. The van der Waals surface area contributed by atoms with E-state index in [-0.39, 0.29) is 19.8 Å². The third-order valence-electron chi connectivity index (χ3n) is 1.90. The number of nitrogens with zero attached hydrogens (tertiary/aromatic N) is 1. The van der Waals surface area contributed by atoms with E-state index in [4.69, 9.17) is 30.4 Å². The SMILES string of the molecule is OB(O)O.OCCCN(CCCO)CCCO. The van der Waals surface area contributed by atoms with Crippen LogP contribution in [0, 0.1) is 0 Å². The average Bonchev–Trinajstić information content (AvgIpc) is 2.27. The molecule has 0 radical (unpaired) electrons. The first kappa shape index (κ1) is 19.1. The van der Waals surface area contributed by atoms with Crippen molar-refractivity contribution in [3.63, 3.8) is 0 Å². The predicted molar refractivity (Wildman–Crippen MR) is 64.0 cm³/mol. The molecular weight excluding hydrogens is 229 g/mol. The van der Waals surface area contributed by atoms with Crippen LogP contribution < -0.4 is 0 Å². The maximum Gasteiger partial charge on any atom is 0.631 e. The van der Waals surface area contributed by atoms with Crippen LogP contribution in [0.5, 0.6) is 0 Å². The van der Waals surface area contributed by atoms with Crippen molar-refractivity contribution in [1.82, 2.24) is 4.90 Å². The highest BCUT2D eigenvalue weighted by Gasteiger charge is 2.02. The van der Waals surface area contributed by atoms with Gasteiger partial charge in [-0.05, 0) is 19.3 Å². The van der Waals surface area contributed by atoms with Crippen molar-refractivity contribution in [2.45, 2.75) is 19.3 Å². The van der Waals surface area contributed by atoms with Gasteiger partial charge in [0.2, 0.25) is 0 Å². The standard InChI is InChI=1S/C9H21NO3.BH3O3/c11-7-1-4-10(5-2-8-12)6-3-9-13;2-1(3)4/h11-13H,1-9H2;2-4H. The monoisotopic (exact) mass is 253 g/mol. The van der Waals surface area contributed by atoms with Crippen LogP contribution in [-0.2, 0) is 0 Å².